The Balaban J connectivity index is 1.80. The van der Waals surface area contributed by atoms with E-state index in [1.54, 1.807) is 24.3 Å². The summed E-state index contributed by atoms with van der Waals surface area (Å²) >= 11 is 5.81. The zero-order valence-electron chi connectivity index (χ0n) is 13.5. The Bertz CT molecular complexity index is 778. The van der Waals surface area contributed by atoms with Crippen LogP contribution in [0.3, 0.4) is 0 Å². The van der Waals surface area contributed by atoms with Gasteiger partial charge in [-0.05, 0) is 41.8 Å². The maximum Gasteiger partial charge on any atom is 0.263 e. The molecule has 0 atom stereocenters. The normalized spacial score (nSPS) is 10.8. The molecule has 2 rings (SSSR count). The highest BCUT2D eigenvalue weighted by molar-refractivity contribution is 6.30. The molecule has 0 aliphatic heterocycles. The van der Waals surface area contributed by atoms with Crippen molar-refractivity contribution in [3.05, 3.63) is 76.5 Å². The molecule has 0 spiro atoms. The first-order valence-corrected chi connectivity index (χ1v) is 8.10. The highest BCUT2D eigenvalue weighted by Crippen LogP contribution is 2.10. The molecule has 1 amide bonds. The van der Waals surface area contributed by atoms with Crippen molar-refractivity contribution in [1.82, 2.24) is 10.6 Å². The molecule has 25 heavy (non-hydrogen) atoms. The molecular formula is C19H18ClN3O2. The maximum absolute atomic E-state index is 12.0. The predicted molar refractivity (Wildman–Crippen MR) is 96.8 cm³/mol. The molecule has 5 nitrogen and oxygen atoms in total. The van der Waals surface area contributed by atoms with Gasteiger partial charge in [-0.25, -0.2) is 0 Å². The standard InChI is InChI=1S/C19H18ClN3O2/c20-17-5-1-15(2-6-17)12-23-19(25)16(11-21)13-22-10-9-14-3-7-18(24)8-4-14/h1-8,13,22,24H,9-10,12H2,(H,23,25)/b16-13-. The van der Waals surface area contributed by atoms with E-state index in [0.29, 0.717) is 24.5 Å². The average Bonchev–Trinajstić information content (AvgIpc) is 2.62. The molecule has 2 aromatic carbocycles. The number of amides is 1. The van der Waals surface area contributed by atoms with Crippen LogP contribution in [0, 0.1) is 11.3 Å². The SMILES string of the molecule is N#C/C(=C/NCCc1ccc(O)cc1)C(=O)NCc1ccc(Cl)cc1. The summed E-state index contributed by atoms with van der Waals surface area (Å²) in [5.74, 6) is -0.213. The summed E-state index contributed by atoms with van der Waals surface area (Å²) in [4.78, 5) is 12.0. The van der Waals surface area contributed by atoms with E-state index in [4.69, 9.17) is 16.9 Å². The Labute approximate surface area is 151 Å². The van der Waals surface area contributed by atoms with E-state index in [1.165, 1.54) is 6.20 Å². The Morgan fingerprint density at radius 2 is 1.76 bits per heavy atom. The zero-order valence-corrected chi connectivity index (χ0v) is 14.3. The Morgan fingerprint density at radius 1 is 1.12 bits per heavy atom. The number of nitrogens with zero attached hydrogens (tertiary/aromatic N) is 1. The number of halogens is 1. The van der Waals surface area contributed by atoms with Crippen LogP contribution in [0.5, 0.6) is 5.75 Å². The second kappa shape index (κ2) is 9.36. The van der Waals surface area contributed by atoms with Gasteiger partial charge < -0.3 is 15.7 Å². The molecule has 3 N–H and O–H groups in total. The lowest BCUT2D eigenvalue weighted by molar-refractivity contribution is -0.117. The molecule has 0 unspecified atom stereocenters. The summed E-state index contributed by atoms with van der Waals surface area (Å²) in [5.41, 5.74) is 1.96. The van der Waals surface area contributed by atoms with Crippen molar-refractivity contribution < 1.29 is 9.90 Å². The highest BCUT2D eigenvalue weighted by atomic mass is 35.5. The van der Waals surface area contributed by atoms with Crippen LogP contribution in [-0.2, 0) is 17.8 Å². The Kier molecular flexibility index (Phi) is 6.87. The molecule has 0 fully saturated rings. The van der Waals surface area contributed by atoms with Crippen LogP contribution in [0.15, 0.2) is 60.3 Å². The van der Waals surface area contributed by atoms with Gasteiger partial charge in [-0.1, -0.05) is 35.9 Å². The number of nitrogens with one attached hydrogen (secondary N) is 2. The van der Waals surface area contributed by atoms with E-state index in [0.717, 1.165) is 11.1 Å². The number of phenolic OH excluding ortho intramolecular Hbond substituents is 1. The molecule has 0 aromatic heterocycles. The van der Waals surface area contributed by atoms with Gasteiger partial charge in [0.2, 0.25) is 0 Å². The van der Waals surface area contributed by atoms with Gasteiger partial charge in [0.1, 0.15) is 17.4 Å². The Hall–Kier alpha value is -2.97. The number of aromatic hydroxyl groups is 1. The number of hydrogen-bond acceptors (Lipinski definition) is 4. The smallest absolute Gasteiger partial charge is 0.263 e. The lowest BCUT2D eigenvalue weighted by atomic mass is 10.1. The van der Waals surface area contributed by atoms with Crippen molar-refractivity contribution in [1.29, 1.82) is 5.26 Å². The van der Waals surface area contributed by atoms with Crippen LogP contribution in [0.25, 0.3) is 0 Å². The summed E-state index contributed by atoms with van der Waals surface area (Å²) in [6.07, 6.45) is 2.12. The van der Waals surface area contributed by atoms with Gasteiger partial charge in [0.05, 0.1) is 0 Å². The first-order valence-electron chi connectivity index (χ1n) is 7.72. The number of rotatable bonds is 7. The average molecular weight is 356 g/mol. The largest absolute Gasteiger partial charge is 0.508 e. The van der Waals surface area contributed by atoms with Gasteiger partial charge in [-0.2, -0.15) is 5.26 Å². The van der Waals surface area contributed by atoms with Crippen LogP contribution in [0.1, 0.15) is 11.1 Å². The molecule has 0 heterocycles. The summed E-state index contributed by atoms with van der Waals surface area (Å²) in [7, 11) is 0. The van der Waals surface area contributed by atoms with Crippen molar-refractivity contribution >= 4 is 17.5 Å². The Morgan fingerprint density at radius 3 is 2.40 bits per heavy atom. The van der Waals surface area contributed by atoms with E-state index in [9.17, 15) is 9.90 Å². The van der Waals surface area contributed by atoms with Crippen molar-refractivity contribution in [2.75, 3.05) is 6.54 Å². The monoisotopic (exact) mass is 355 g/mol. The van der Waals surface area contributed by atoms with Crippen LogP contribution in [0.4, 0.5) is 0 Å². The van der Waals surface area contributed by atoms with E-state index in [1.807, 2.05) is 30.3 Å². The molecule has 128 valence electrons. The fraction of sp³-hybridized carbons (Fsp3) is 0.158. The fourth-order valence-electron chi connectivity index (χ4n) is 2.08. The molecule has 0 saturated carbocycles. The summed E-state index contributed by atoms with van der Waals surface area (Å²) in [6.45, 7) is 0.892. The van der Waals surface area contributed by atoms with Crippen LogP contribution >= 0.6 is 11.6 Å². The minimum absolute atomic E-state index is 0.0136. The summed E-state index contributed by atoms with van der Waals surface area (Å²) in [6, 6.07) is 15.9. The molecule has 0 radical (unpaired) electrons. The van der Waals surface area contributed by atoms with Crippen LogP contribution < -0.4 is 10.6 Å². The summed E-state index contributed by atoms with van der Waals surface area (Å²) in [5, 5.41) is 24.6. The first kappa shape index (κ1) is 18.4. The molecule has 0 saturated heterocycles. The molecule has 2 aromatic rings. The number of hydrogen-bond donors (Lipinski definition) is 3. The summed E-state index contributed by atoms with van der Waals surface area (Å²) < 4.78 is 0. The second-order valence-corrected chi connectivity index (χ2v) is 5.79. The van der Waals surface area contributed by atoms with Gasteiger partial charge in [0.25, 0.3) is 5.91 Å². The van der Waals surface area contributed by atoms with Crippen molar-refractivity contribution in [2.24, 2.45) is 0 Å². The van der Waals surface area contributed by atoms with Crippen molar-refractivity contribution in [2.45, 2.75) is 13.0 Å². The molecule has 0 bridgehead atoms. The highest BCUT2D eigenvalue weighted by Gasteiger charge is 2.08. The minimum Gasteiger partial charge on any atom is -0.508 e. The van der Waals surface area contributed by atoms with E-state index >= 15 is 0 Å². The molecule has 0 aliphatic carbocycles. The third-order valence-electron chi connectivity index (χ3n) is 3.47. The second-order valence-electron chi connectivity index (χ2n) is 5.35. The number of benzene rings is 2. The fourth-order valence-corrected chi connectivity index (χ4v) is 2.21. The zero-order chi connectivity index (χ0) is 18.1. The van der Waals surface area contributed by atoms with Gasteiger partial charge in [-0.15, -0.1) is 0 Å². The number of carbonyl (C=O) groups is 1. The molecule has 0 aliphatic rings. The lowest BCUT2D eigenvalue weighted by Crippen LogP contribution is -2.25. The van der Waals surface area contributed by atoms with E-state index < -0.39 is 5.91 Å². The van der Waals surface area contributed by atoms with Crippen LogP contribution in [0.2, 0.25) is 5.02 Å². The number of phenols is 1. The third-order valence-corrected chi connectivity index (χ3v) is 3.72. The van der Waals surface area contributed by atoms with Gasteiger partial charge in [0.15, 0.2) is 0 Å². The number of nitriles is 1. The quantitative estimate of drug-likeness (QED) is 0.405. The van der Waals surface area contributed by atoms with Gasteiger partial charge in [-0.3, -0.25) is 4.79 Å². The van der Waals surface area contributed by atoms with Gasteiger partial charge in [0, 0.05) is 24.3 Å². The van der Waals surface area contributed by atoms with Crippen molar-refractivity contribution in [3.8, 4) is 11.8 Å². The molecule has 6 heteroatoms. The van der Waals surface area contributed by atoms with Crippen molar-refractivity contribution in [3.63, 3.8) is 0 Å². The lowest BCUT2D eigenvalue weighted by Gasteiger charge is -2.06. The predicted octanol–water partition coefficient (Wildman–Crippen LogP) is 2.90. The first-order chi connectivity index (χ1) is 12.1. The van der Waals surface area contributed by atoms with Gasteiger partial charge >= 0.3 is 0 Å². The van der Waals surface area contributed by atoms with E-state index in [-0.39, 0.29) is 11.3 Å². The number of carbonyl (C=O) groups excluding carboxylic acids is 1. The molecular weight excluding hydrogens is 338 g/mol. The van der Waals surface area contributed by atoms with E-state index in [2.05, 4.69) is 10.6 Å². The third kappa shape index (κ3) is 6.21. The maximum atomic E-state index is 12.0. The topological polar surface area (TPSA) is 85.2 Å². The van der Waals surface area contributed by atoms with Crippen LogP contribution in [-0.4, -0.2) is 17.6 Å². The minimum atomic E-state index is -0.436.